The number of hydrogen-bond acceptors (Lipinski definition) is 4. The van der Waals surface area contributed by atoms with E-state index in [4.69, 9.17) is 16.7 Å². The van der Waals surface area contributed by atoms with Crippen molar-refractivity contribution in [1.82, 2.24) is 0 Å². The fourth-order valence-electron chi connectivity index (χ4n) is 1.06. The van der Waals surface area contributed by atoms with Gasteiger partial charge in [-0.15, -0.1) is 0 Å². The van der Waals surface area contributed by atoms with Gasteiger partial charge in [-0.25, -0.2) is 13.6 Å². The van der Waals surface area contributed by atoms with Crippen molar-refractivity contribution in [3.05, 3.63) is 33.7 Å². The van der Waals surface area contributed by atoms with Gasteiger partial charge in [-0.2, -0.15) is 4.91 Å². The van der Waals surface area contributed by atoms with Crippen LogP contribution in [0.15, 0.2) is 28.3 Å². The summed E-state index contributed by atoms with van der Waals surface area (Å²) in [6, 6.07) is 3.52. The summed E-state index contributed by atoms with van der Waals surface area (Å²) in [5, 5.41) is 7.76. The van der Waals surface area contributed by atoms with Crippen molar-refractivity contribution in [3.8, 4) is 0 Å². The Morgan fingerprint density at radius 1 is 1.47 bits per heavy atom. The number of primary sulfonamides is 1. The molecule has 0 bridgehead atoms. The second kappa shape index (κ2) is 4.26. The quantitative estimate of drug-likeness (QED) is 0.827. The van der Waals surface area contributed by atoms with Gasteiger partial charge in [0, 0.05) is 0 Å². The zero-order valence-corrected chi connectivity index (χ0v) is 9.42. The third-order valence-corrected chi connectivity index (χ3v) is 3.29. The highest BCUT2D eigenvalue weighted by molar-refractivity contribution is 7.89. The summed E-state index contributed by atoms with van der Waals surface area (Å²) in [5.74, 6) is 0. The fourth-order valence-corrected chi connectivity index (χ4v) is 2.14. The molecular formula is C8H9ClN2O3S. The van der Waals surface area contributed by atoms with E-state index in [-0.39, 0.29) is 9.92 Å². The Kier molecular flexibility index (Phi) is 3.43. The zero-order chi connectivity index (χ0) is 11.6. The lowest BCUT2D eigenvalue weighted by Gasteiger charge is -2.06. The van der Waals surface area contributed by atoms with Gasteiger partial charge in [-0.05, 0) is 24.6 Å². The highest BCUT2D eigenvalue weighted by Crippen LogP contribution is 2.25. The molecule has 5 nitrogen and oxygen atoms in total. The van der Waals surface area contributed by atoms with Crippen LogP contribution in [-0.4, -0.2) is 8.42 Å². The van der Waals surface area contributed by atoms with E-state index in [1.807, 2.05) is 0 Å². The smallest absolute Gasteiger partial charge is 0.225 e. The van der Waals surface area contributed by atoms with E-state index in [2.05, 4.69) is 5.18 Å². The van der Waals surface area contributed by atoms with E-state index >= 15 is 0 Å². The molecule has 0 aromatic heterocycles. The summed E-state index contributed by atoms with van der Waals surface area (Å²) in [4.78, 5) is 10.1. The molecule has 0 spiro atoms. The van der Waals surface area contributed by atoms with Gasteiger partial charge in [0.1, 0.15) is 10.9 Å². The van der Waals surface area contributed by atoms with Crippen molar-refractivity contribution in [2.75, 3.05) is 0 Å². The molecule has 0 heterocycles. The SMILES string of the molecule is CC(N=O)c1ccc(Cl)c(S(N)(=O)=O)c1. The molecule has 0 radical (unpaired) electrons. The first-order chi connectivity index (χ1) is 6.86. The molecule has 1 aromatic carbocycles. The Balaban J connectivity index is 3.35. The van der Waals surface area contributed by atoms with E-state index in [0.717, 1.165) is 0 Å². The number of sulfonamides is 1. The Morgan fingerprint density at radius 2 is 2.07 bits per heavy atom. The van der Waals surface area contributed by atoms with Crippen LogP contribution in [0.1, 0.15) is 18.5 Å². The Hall–Kier alpha value is -0.980. The van der Waals surface area contributed by atoms with Gasteiger partial charge in [-0.1, -0.05) is 22.8 Å². The van der Waals surface area contributed by atoms with Crippen LogP contribution in [-0.2, 0) is 10.0 Å². The summed E-state index contributed by atoms with van der Waals surface area (Å²) in [7, 11) is -3.87. The first kappa shape index (κ1) is 12.1. The number of rotatable bonds is 3. The van der Waals surface area contributed by atoms with E-state index in [1.54, 1.807) is 6.92 Å². The number of nitrogens with two attached hydrogens (primary N) is 1. The Bertz CT molecular complexity index is 487. The van der Waals surface area contributed by atoms with Gasteiger partial charge in [-0.3, -0.25) is 0 Å². The summed E-state index contributed by atoms with van der Waals surface area (Å²) < 4.78 is 22.2. The fraction of sp³-hybridized carbons (Fsp3) is 0.250. The standard InChI is InChI=1S/C8H9ClN2O3S/c1-5(11-12)6-2-3-7(9)8(4-6)15(10,13)14/h2-5H,1H3,(H2,10,13,14). The van der Waals surface area contributed by atoms with Crippen molar-refractivity contribution in [1.29, 1.82) is 0 Å². The van der Waals surface area contributed by atoms with Gasteiger partial charge < -0.3 is 0 Å². The van der Waals surface area contributed by atoms with Gasteiger partial charge in [0.05, 0.1) is 5.02 Å². The molecule has 0 fully saturated rings. The molecule has 7 heteroatoms. The van der Waals surface area contributed by atoms with Crippen molar-refractivity contribution < 1.29 is 8.42 Å². The van der Waals surface area contributed by atoms with Crippen LogP contribution in [0.5, 0.6) is 0 Å². The first-order valence-electron chi connectivity index (χ1n) is 4.01. The number of nitrogens with zero attached hydrogens (tertiary/aromatic N) is 1. The average Bonchev–Trinajstić information content (AvgIpc) is 2.15. The van der Waals surface area contributed by atoms with Crippen LogP contribution in [0.2, 0.25) is 5.02 Å². The lowest BCUT2D eigenvalue weighted by molar-refractivity contribution is 0.597. The van der Waals surface area contributed by atoms with Crippen molar-refractivity contribution in [2.45, 2.75) is 17.9 Å². The molecule has 0 amide bonds. The van der Waals surface area contributed by atoms with E-state index in [9.17, 15) is 13.3 Å². The third-order valence-electron chi connectivity index (χ3n) is 1.90. The zero-order valence-electron chi connectivity index (χ0n) is 7.84. The largest absolute Gasteiger partial charge is 0.239 e. The summed E-state index contributed by atoms with van der Waals surface area (Å²) >= 11 is 5.66. The molecule has 15 heavy (non-hydrogen) atoms. The van der Waals surface area contributed by atoms with Crippen LogP contribution < -0.4 is 5.14 Å². The van der Waals surface area contributed by atoms with E-state index in [0.29, 0.717) is 5.56 Å². The lowest BCUT2D eigenvalue weighted by Crippen LogP contribution is -2.13. The molecule has 0 saturated carbocycles. The molecular weight excluding hydrogens is 240 g/mol. The maximum atomic E-state index is 11.1. The van der Waals surface area contributed by atoms with E-state index in [1.165, 1.54) is 18.2 Å². The van der Waals surface area contributed by atoms with Crippen LogP contribution in [0.25, 0.3) is 0 Å². The highest BCUT2D eigenvalue weighted by atomic mass is 35.5. The number of halogens is 1. The summed E-state index contributed by atoms with van der Waals surface area (Å²) in [6.45, 7) is 1.54. The topological polar surface area (TPSA) is 89.6 Å². The minimum atomic E-state index is -3.87. The Morgan fingerprint density at radius 3 is 2.53 bits per heavy atom. The maximum absolute atomic E-state index is 11.1. The molecule has 0 aliphatic heterocycles. The summed E-state index contributed by atoms with van der Waals surface area (Å²) in [6.07, 6.45) is 0. The number of benzene rings is 1. The van der Waals surface area contributed by atoms with Crippen molar-refractivity contribution in [2.24, 2.45) is 10.3 Å². The second-order valence-electron chi connectivity index (χ2n) is 3.02. The lowest BCUT2D eigenvalue weighted by atomic mass is 10.1. The van der Waals surface area contributed by atoms with Crippen molar-refractivity contribution in [3.63, 3.8) is 0 Å². The maximum Gasteiger partial charge on any atom is 0.239 e. The predicted octanol–water partition coefficient (Wildman–Crippen LogP) is 1.81. The van der Waals surface area contributed by atoms with Gasteiger partial charge >= 0.3 is 0 Å². The monoisotopic (exact) mass is 248 g/mol. The van der Waals surface area contributed by atoms with Gasteiger partial charge in [0.2, 0.25) is 10.0 Å². The van der Waals surface area contributed by atoms with E-state index < -0.39 is 16.1 Å². The van der Waals surface area contributed by atoms with Gasteiger partial charge in [0.15, 0.2) is 0 Å². The molecule has 1 rings (SSSR count). The van der Waals surface area contributed by atoms with Crippen LogP contribution in [0, 0.1) is 4.91 Å². The number of nitroso groups, excluding NO2 is 1. The minimum absolute atomic E-state index is 0.0272. The van der Waals surface area contributed by atoms with Crippen LogP contribution >= 0.6 is 11.6 Å². The minimum Gasteiger partial charge on any atom is -0.225 e. The van der Waals surface area contributed by atoms with Crippen LogP contribution in [0.4, 0.5) is 0 Å². The molecule has 0 aliphatic rings. The third kappa shape index (κ3) is 2.74. The average molecular weight is 249 g/mol. The molecule has 1 atom stereocenters. The number of hydrogen-bond donors (Lipinski definition) is 1. The van der Waals surface area contributed by atoms with Gasteiger partial charge in [0.25, 0.3) is 0 Å². The molecule has 1 aromatic rings. The molecule has 0 saturated heterocycles. The Labute approximate surface area is 92.3 Å². The molecule has 0 aliphatic carbocycles. The van der Waals surface area contributed by atoms with Crippen LogP contribution in [0.3, 0.4) is 0 Å². The second-order valence-corrected chi connectivity index (χ2v) is 4.95. The summed E-state index contributed by atoms with van der Waals surface area (Å²) in [5.41, 5.74) is 0.457. The first-order valence-corrected chi connectivity index (χ1v) is 5.93. The van der Waals surface area contributed by atoms with Crippen molar-refractivity contribution >= 4 is 21.6 Å². The molecule has 1 unspecified atom stereocenters. The predicted molar refractivity (Wildman–Crippen MR) is 57.0 cm³/mol. The normalized spacial score (nSPS) is 13.5. The highest BCUT2D eigenvalue weighted by Gasteiger charge is 2.15. The molecule has 2 N–H and O–H groups in total. The molecule has 82 valence electrons.